The number of hydrogen-bond donors (Lipinski definition) is 2. The largest absolute Gasteiger partial charge is 0.370 e. The second-order valence-electron chi connectivity index (χ2n) is 4.46. The van der Waals surface area contributed by atoms with E-state index in [1.54, 1.807) is 38.1 Å². The molecule has 4 N–H and O–H groups in total. The third-order valence-electron chi connectivity index (χ3n) is 2.49. The lowest BCUT2D eigenvalue weighted by molar-refractivity contribution is 0.549. The van der Waals surface area contributed by atoms with Crippen molar-refractivity contribution in [3.05, 3.63) is 28.7 Å². The molecule has 0 saturated heterocycles. The van der Waals surface area contributed by atoms with E-state index in [0.717, 1.165) is 4.47 Å². The van der Waals surface area contributed by atoms with Crippen LogP contribution in [0.4, 0.5) is 0 Å². The van der Waals surface area contributed by atoms with Crippen LogP contribution in [0, 0.1) is 0 Å². The fourth-order valence-electron chi connectivity index (χ4n) is 1.30. The molecule has 0 bridgehead atoms. The van der Waals surface area contributed by atoms with Gasteiger partial charge in [-0.25, -0.2) is 8.42 Å². The third-order valence-corrected chi connectivity index (χ3v) is 5.50. The number of rotatable bonds is 4. The molecule has 0 heterocycles. The maximum Gasteiger partial charge on any atom is 0.185 e. The fourth-order valence-corrected chi connectivity index (χ4v) is 2.93. The van der Waals surface area contributed by atoms with Crippen molar-refractivity contribution in [2.75, 3.05) is 6.54 Å². The van der Waals surface area contributed by atoms with Crippen LogP contribution in [0.25, 0.3) is 0 Å². The number of aliphatic imine (C=N–C) groups is 1. The summed E-state index contributed by atoms with van der Waals surface area (Å²) in [5.41, 5.74) is 10.5. The standard InChI is InChI=1S/C11H16BrN3O2S.HI/c1-11(2,7-15-10(13)14)18(16,17)9-5-3-8(12)4-6-9;/h3-6H,7H2,1-2H3,(H4,13,14,15);1H. The Morgan fingerprint density at radius 2 is 1.74 bits per heavy atom. The van der Waals surface area contributed by atoms with Gasteiger partial charge in [0.1, 0.15) is 0 Å². The number of sulfone groups is 1. The first-order valence-electron chi connectivity index (χ1n) is 5.22. The van der Waals surface area contributed by atoms with Gasteiger partial charge in [0, 0.05) is 4.47 Å². The highest BCUT2D eigenvalue weighted by molar-refractivity contribution is 14.0. The van der Waals surface area contributed by atoms with Crippen LogP contribution < -0.4 is 11.5 Å². The van der Waals surface area contributed by atoms with Crippen LogP contribution in [0.2, 0.25) is 0 Å². The van der Waals surface area contributed by atoms with Gasteiger partial charge >= 0.3 is 0 Å². The summed E-state index contributed by atoms with van der Waals surface area (Å²) in [6.07, 6.45) is 0. The minimum atomic E-state index is -3.49. The third kappa shape index (κ3) is 4.60. The van der Waals surface area contributed by atoms with Crippen LogP contribution in [0.5, 0.6) is 0 Å². The zero-order chi connectivity index (χ0) is 14.0. The zero-order valence-electron chi connectivity index (χ0n) is 10.6. The van der Waals surface area contributed by atoms with Gasteiger partial charge in [-0.05, 0) is 38.1 Å². The van der Waals surface area contributed by atoms with Crippen molar-refractivity contribution in [1.29, 1.82) is 0 Å². The molecule has 0 atom stereocenters. The van der Waals surface area contributed by atoms with Gasteiger partial charge in [-0.3, -0.25) is 4.99 Å². The normalized spacial score (nSPS) is 11.5. The lowest BCUT2D eigenvalue weighted by atomic mass is 10.2. The molecular weight excluding hydrogens is 445 g/mol. The number of nitrogens with two attached hydrogens (primary N) is 2. The van der Waals surface area contributed by atoms with E-state index >= 15 is 0 Å². The smallest absolute Gasteiger partial charge is 0.185 e. The first-order valence-corrected chi connectivity index (χ1v) is 7.50. The van der Waals surface area contributed by atoms with E-state index in [-0.39, 0.29) is 41.4 Å². The Morgan fingerprint density at radius 3 is 2.16 bits per heavy atom. The quantitative estimate of drug-likeness (QED) is 0.406. The average Bonchev–Trinajstić information content (AvgIpc) is 2.27. The summed E-state index contributed by atoms with van der Waals surface area (Å²) in [6.45, 7) is 3.21. The monoisotopic (exact) mass is 461 g/mol. The van der Waals surface area contributed by atoms with Gasteiger partial charge < -0.3 is 11.5 Å². The zero-order valence-corrected chi connectivity index (χ0v) is 15.4. The topological polar surface area (TPSA) is 98.5 Å². The molecule has 8 heteroatoms. The summed E-state index contributed by atoms with van der Waals surface area (Å²) in [7, 11) is -3.49. The molecule has 108 valence electrons. The molecule has 0 aliphatic carbocycles. The Balaban J connectivity index is 0.00000324. The molecule has 0 saturated carbocycles. The lowest BCUT2D eigenvalue weighted by Gasteiger charge is -2.22. The minimum absolute atomic E-state index is 0. The molecular formula is C11H17BrIN3O2S. The second-order valence-corrected chi connectivity index (χ2v) is 7.96. The predicted octanol–water partition coefficient (Wildman–Crippen LogP) is 1.89. The highest BCUT2D eigenvalue weighted by Gasteiger charge is 2.35. The molecule has 1 rings (SSSR count). The average molecular weight is 462 g/mol. The molecule has 1 aromatic rings. The van der Waals surface area contributed by atoms with Crippen molar-refractivity contribution >= 4 is 55.7 Å². The molecule has 0 aliphatic rings. The van der Waals surface area contributed by atoms with Gasteiger partial charge in [0.05, 0.1) is 16.2 Å². The maximum atomic E-state index is 12.4. The van der Waals surface area contributed by atoms with Gasteiger partial charge in [0.25, 0.3) is 0 Å². The van der Waals surface area contributed by atoms with Crippen molar-refractivity contribution in [2.45, 2.75) is 23.5 Å². The number of halogens is 2. The molecule has 0 radical (unpaired) electrons. The van der Waals surface area contributed by atoms with Gasteiger partial charge in [0.2, 0.25) is 0 Å². The van der Waals surface area contributed by atoms with Gasteiger partial charge in [-0.1, -0.05) is 15.9 Å². The van der Waals surface area contributed by atoms with Gasteiger partial charge in [-0.15, -0.1) is 24.0 Å². The Morgan fingerprint density at radius 1 is 1.26 bits per heavy atom. The summed E-state index contributed by atoms with van der Waals surface area (Å²) in [4.78, 5) is 4.04. The number of hydrogen-bond acceptors (Lipinski definition) is 3. The summed E-state index contributed by atoms with van der Waals surface area (Å²) in [5, 5.41) is 0. The Hall–Kier alpha value is -0.350. The van der Waals surface area contributed by atoms with Crippen molar-refractivity contribution in [3.63, 3.8) is 0 Å². The molecule has 0 spiro atoms. The molecule has 5 nitrogen and oxygen atoms in total. The molecule has 19 heavy (non-hydrogen) atoms. The maximum absolute atomic E-state index is 12.4. The molecule has 0 amide bonds. The van der Waals surface area contributed by atoms with E-state index < -0.39 is 14.6 Å². The summed E-state index contributed by atoms with van der Waals surface area (Å²) in [6, 6.07) is 6.47. The summed E-state index contributed by atoms with van der Waals surface area (Å²) < 4.78 is 24.6. The highest BCUT2D eigenvalue weighted by Crippen LogP contribution is 2.26. The lowest BCUT2D eigenvalue weighted by Crippen LogP contribution is -2.37. The van der Waals surface area contributed by atoms with Gasteiger partial charge in [-0.2, -0.15) is 0 Å². The minimum Gasteiger partial charge on any atom is -0.370 e. The van der Waals surface area contributed by atoms with Crippen LogP contribution in [0.15, 0.2) is 38.6 Å². The first kappa shape index (κ1) is 18.7. The second kappa shape index (κ2) is 6.89. The van der Waals surface area contributed by atoms with E-state index in [1.165, 1.54) is 0 Å². The van der Waals surface area contributed by atoms with E-state index in [4.69, 9.17) is 11.5 Å². The molecule has 0 unspecified atom stereocenters. The summed E-state index contributed by atoms with van der Waals surface area (Å²) in [5.74, 6) is -0.117. The first-order chi connectivity index (χ1) is 8.17. The van der Waals surface area contributed by atoms with Crippen molar-refractivity contribution in [1.82, 2.24) is 0 Å². The molecule has 0 fully saturated rings. The van der Waals surface area contributed by atoms with E-state index in [9.17, 15) is 8.42 Å². The molecule has 0 aliphatic heterocycles. The van der Waals surface area contributed by atoms with Crippen LogP contribution in [0.3, 0.4) is 0 Å². The number of guanidine groups is 1. The highest BCUT2D eigenvalue weighted by atomic mass is 127. The van der Waals surface area contributed by atoms with Crippen LogP contribution in [-0.4, -0.2) is 25.7 Å². The Labute approximate surface area is 138 Å². The fraction of sp³-hybridized carbons (Fsp3) is 0.364. The van der Waals surface area contributed by atoms with Crippen molar-refractivity contribution in [2.24, 2.45) is 16.5 Å². The predicted molar refractivity (Wildman–Crippen MR) is 91.5 cm³/mol. The summed E-state index contributed by atoms with van der Waals surface area (Å²) >= 11 is 3.26. The van der Waals surface area contributed by atoms with Crippen molar-refractivity contribution < 1.29 is 8.42 Å². The van der Waals surface area contributed by atoms with Crippen LogP contribution in [-0.2, 0) is 9.84 Å². The van der Waals surface area contributed by atoms with E-state index in [0.29, 0.717) is 0 Å². The van der Waals surface area contributed by atoms with Crippen LogP contribution >= 0.6 is 39.9 Å². The Bertz CT molecular complexity index is 552. The number of benzene rings is 1. The number of nitrogens with zero attached hydrogens (tertiary/aromatic N) is 1. The molecule has 1 aromatic carbocycles. The Kier molecular flexibility index (Phi) is 6.76. The SMILES string of the molecule is CC(C)(CN=C(N)N)S(=O)(=O)c1ccc(Br)cc1.I. The van der Waals surface area contributed by atoms with Crippen LogP contribution in [0.1, 0.15) is 13.8 Å². The van der Waals surface area contributed by atoms with Crippen molar-refractivity contribution in [3.8, 4) is 0 Å². The van der Waals surface area contributed by atoms with E-state index in [1.807, 2.05) is 0 Å². The van der Waals surface area contributed by atoms with Gasteiger partial charge in [0.15, 0.2) is 15.8 Å². The van der Waals surface area contributed by atoms with E-state index in [2.05, 4.69) is 20.9 Å². The molecule has 0 aromatic heterocycles.